The standard InChI is InChI=1S/C15H18N2O3S/c1-8(2)13(14(16)18)17-15(19)12-7-6-11(21-12)10-5-4-9(3)20-10/h4-8,13H,1-3H3,(H2,16,18)(H,17,19). The minimum absolute atomic E-state index is 0.0568. The molecule has 0 spiro atoms. The van der Waals surface area contributed by atoms with Crippen molar-refractivity contribution in [3.63, 3.8) is 0 Å². The van der Waals surface area contributed by atoms with Crippen LogP contribution in [0.4, 0.5) is 0 Å². The van der Waals surface area contributed by atoms with Crippen LogP contribution in [0.25, 0.3) is 10.6 Å². The topological polar surface area (TPSA) is 85.3 Å². The largest absolute Gasteiger partial charge is 0.461 e. The third kappa shape index (κ3) is 3.52. The molecule has 2 aromatic heterocycles. The Morgan fingerprint density at radius 1 is 1.24 bits per heavy atom. The molecule has 0 aromatic carbocycles. The van der Waals surface area contributed by atoms with Crippen molar-refractivity contribution in [3.8, 4) is 10.6 Å². The van der Waals surface area contributed by atoms with E-state index in [0.29, 0.717) is 4.88 Å². The first-order chi connectivity index (χ1) is 9.88. The number of nitrogens with two attached hydrogens (primary N) is 1. The molecule has 3 N–H and O–H groups in total. The smallest absolute Gasteiger partial charge is 0.262 e. The van der Waals surface area contributed by atoms with Crippen LogP contribution >= 0.6 is 11.3 Å². The summed E-state index contributed by atoms with van der Waals surface area (Å²) in [7, 11) is 0. The van der Waals surface area contributed by atoms with Crippen molar-refractivity contribution < 1.29 is 14.0 Å². The van der Waals surface area contributed by atoms with Gasteiger partial charge in [-0.2, -0.15) is 0 Å². The molecule has 5 nitrogen and oxygen atoms in total. The quantitative estimate of drug-likeness (QED) is 0.890. The van der Waals surface area contributed by atoms with Crippen molar-refractivity contribution in [2.45, 2.75) is 26.8 Å². The molecule has 0 bridgehead atoms. The van der Waals surface area contributed by atoms with Gasteiger partial charge in [0.15, 0.2) is 0 Å². The first-order valence-electron chi connectivity index (χ1n) is 6.65. The molecule has 2 amide bonds. The molecule has 112 valence electrons. The third-order valence-electron chi connectivity index (χ3n) is 3.07. The molecular formula is C15H18N2O3S. The van der Waals surface area contributed by atoms with E-state index in [1.807, 2.05) is 39.0 Å². The molecule has 2 rings (SSSR count). The monoisotopic (exact) mass is 306 g/mol. The zero-order valence-corrected chi connectivity index (χ0v) is 13.0. The van der Waals surface area contributed by atoms with Gasteiger partial charge in [0.05, 0.1) is 9.75 Å². The van der Waals surface area contributed by atoms with Crippen LogP contribution in [0, 0.1) is 12.8 Å². The molecular weight excluding hydrogens is 288 g/mol. The molecule has 6 heteroatoms. The summed E-state index contributed by atoms with van der Waals surface area (Å²) in [5, 5.41) is 2.67. The number of rotatable bonds is 5. The van der Waals surface area contributed by atoms with Gasteiger partial charge in [-0.25, -0.2) is 0 Å². The first-order valence-corrected chi connectivity index (χ1v) is 7.47. The second-order valence-corrected chi connectivity index (χ2v) is 6.26. The van der Waals surface area contributed by atoms with Gasteiger partial charge in [-0.05, 0) is 37.1 Å². The van der Waals surface area contributed by atoms with Crippen LogP contribution in [-0.4, -0.2) is 17.9 Å². The molecule has 0 saturated carbocycles. The zero-order valence-electron chi connectivity index (χ0n) is 12.2. The maximum atomic E-state index is 12.2. The molecule has 0 fully saturated rings. The van der Waals surface area contributed by atoms with Crippen molar-refractivity contribution in [3.05, 3.63) is 34.9 Å². The number of nitrogens with one attached hydrogen (secondary N) is 1. The Bertz CT molecular complexity index is 657. The SMILES string of the molecule is Cc1ccc(-c2ccc(C(=O)NC(C(N)=O)C(C)C)s2)o1. The molecule has 1 atom stereocenters. The van der Waals surface area contributed by atoms with E-state index >= 15 is 0 Å². The molecule has 21 heavy (non-hydrogen) atoms. The molecule has 0 aliphatic carbocycles. The average molecular weight is 306 g/mol. The minimum atomic E-state index is -0.672. The van der Waals surface area contributed by atoms with Crippen molar-refractivity contribution in [2.24, 2.45) is 11.7 Å². The Balaban J connectivity index is 2.14. The zero-order chi connectivity index (χ0) is 15.6. The third-order valence-corrected chi connectivity index (χ3v) is 4.17. The Kier molecular flexibility index (Phi) is 4.47. The fourth-order valence-corrected chi connectivity index (χ4v) is 2.81. The molecule has 2 heterocycles. The lowest BCUT2D eigenvalue weighted by atomic mass is 10.0. The van der Waals surface area contributed by atoms with Gasteiger partial charge in [-0.3, -0.25) is 9.59 Å². The van der Waals surface area contributed by atoms with Crippen molar-refractivity contribution >= 4 is 23.2 Å². The van der Waals surface area contributed by atoms with Gasteiger partial charge in [0.2, 0.25) is 5.91 Å². The second kappa shape index (κ2) is 6.13. The highest BCUT2D eigenvalue weighted by molar-refractivity contribution is 7.17. The number of primary amides is 1. The Labute approximate surface area is 127 Å². The van der Waals surface area contributed by atoms with Crippen LogP contribution in [-0.2, 0) is 4.79 Å². The highest BCUT2D eigenvalue weighted by atomic mass is 32.1. The molecule has 0 aliphatic heterocycles. The van der Waals surface area contributed by atoms with E-state index in [9.17, 15) is 9.59 Å². The molecule has 0 aliphatic rings. The van der Waals surface area contributed by atoms with E-state index in [4.69, 9.17) is 10.2 Å². The first kappa shape index (κ1) is 15.3. The fraction of sp³-hybridized carbons (Fsp3) is 0.333. The lowest BCUT2D eigenvalue weighted by Gasteiger charge is -2.18. The van der Waals surface area contributed by atoms with E-state index in [2.05, 4.69) is 5.32 Å². The molecule has 2 aromatic rings. The minimum Gasteiger partial charge on any atom is -0.461 e. The van der Waals surface area contributed by atoms with Gasteiger partial charge >= 0.3 is 0 Å². The van der Waals surface area contributed by atoms with E-state index in [1.54, 1.807) is 6.07 Å². The molecule has 0 saturated heterocycles. The number of hydrogen-bond donors (Lipinski definition) is 2. The van der Waals surface area contributed by atoms with Gasteiger partial charge in [0, 0.05) is 0 Å². The fourth-order valence-electron chi connectivity index (χ4n) is 1.94. The van der Waals surface area contributed by atoms with Crippen molar-refractivity contribution in [2.75, 3.05) is 0 Å². The maximum absolute atomic E-state index is 12.2. The summed E-state index contributed by atoms with van der Waals surface area (Å²) in [6.07, 6.45) is 0. The number of carbonyl (C=O) groups excluding carboxylic acids is 2. The summed E-state index contributed by atoms with van der Waals surface area (Å²) in [4.78, 5) is 24.9. The normalized spacial score (nSPS) is 12.4. The summed E-state index contributed by atoms with van der Waals surface area (Å²) in [6.45, 7) is 5.53. The lowest BCUT2D eigenvalue weighted by Crippen LogP contribution is -2.47. The van der Waals surface area contributed by atoms with Gasteiger partial charge in [-0.1, -0.05) is 13.8 Å². The van der Waals surface area contributed by atoms with Crippen molar-refractivity contribution in [1.82, 2.24) is 5.32 Å². The predicted octanol–water partition coefficient (Wildman–Crippen LogP) is 2.56. The Morgan fingerprint density at radius 3 is 2.48 bits per heavy atom. The second-order valence-electron chi connectivity index (χ2n) is 5.17. The number of hydrogen-bond acceptors (Lipinski definition) is 4. The van der Waals surface area contributed by atoms with Gasteiger partial charge in [0.1, 0.15) is 17.6 Å². The van der Waals surface area contributed by atoms with E-state index in [0.717, 1.165) is 16.4 Å². The van der Waals surface area contributed by atoms with Gasteiger partial charge < -0.3 is 15.5 Å². The molecule has 1 unspecified atom stereocenters. The summed E-state index contributed by atoms with van der Waals surface area (Å²) >= 11 is 1.31. The number of amides is 2. The lowest BCUT2D eigenvalue weighted by molar-refractivity contribution is -0.120. The van der Waals surface area contributed by atoms with Crippen LogP contribution < -0.4 is 11.1 Å². The van der Waals surface area contributed by atoms with E-state index < -0.39 is 11.9 Å². The summed E-state index contributed by atoms with van der Waals surface area (Å²) in [5.41, 5.74) is 5.30. The Morgan fingerprint density at radius 2 is 1.95 bits per heavy atom. The Hall–Kier alpha value is -2.08. The van der Waals surface area contributed by atoms with Crippen LogP contribution in [0.1, 0.15) is 29.3 Å². The number of carbonyl (C=O) groups is 2. The highest BCUT2D eigenvalue weighted by Gasteiger charge is 2.23. The van der Waals surface area contributed by atoms with Crippen LogP contribution in [0.5, 0.6) is 0 Å². The number of furan rings is 1. The van der Waals surface area contributed by atoms with E-state index in [-0.39, 0.29) is 11.8 Å². The van der Waals surface area contributed by atoms with E-state index in [1.165, 1.54) is 11.3 Å². The maximum Gasteiger partial charge on any atom is 0.262 e. The number of aryl methyl sites for hydroxylation is 1. The predicted molar refractivity (Wildman–Crippen MR) is 82.0 cm³/mol. The summed E-state index contributed by atoms with van der Waals surface area (Å²) < 4.78 is 5.52. The molecule has 0 radical (unpaired) electrons. The summed E-state index contributed by atoms with van der Waals surface area (Å²) in [6, 6.07) is 6.60. The van der Waals surface area contributed by atoms with Gasteiger partial charge in [-0.15, -0.1) is 11.3 Å². The summed E-state index contributed by atoms with van der Waals surface area (Å²) in [5.74, 6) is 0.660. The van der Waals surface area contributed by atoms with Crippen LogP contribution in [0.2, 0.25) is 0 Å². The van der Waals surface area contributed by atoms with Gasteiger partial charge in [0.25, 0.3) is 5.91 Å². The average Bonchev–Trinajstić information content (AvgIpc) is 3.03. The van der Waals surface area contributed by atoms with Crippen molar-refractivity contribution in [1.29, 1.82) is 0 Å². The van der Waals surface area contributed by atoms with Crippen LogP contribution in [0.3, 0.4) is 0 Å². The number of thiophene rings is 1. The highest BCUT2D eigenvalue weighted by Crippen LogP contribution is 2.29. The van der Waals surface area contributed by atoms with Crippen LogP contribution in [0.15, 0.2) is 28.7 Å².